The van der Waals surface area contributed by atoms with E-state index in [0.29, 0.717) is 0 Å². The van der Waals surface area contributed by atoms with Crippen molar-refractivity contribution in [2.75, 3.05) is 0 Å². The number of rotatable bonds is 4. The first-order chi connectivity index (χ1) is 9.78. The number of hydrogen-bond acceptors (Lipinski definition) is 2. The average molecular weight is 303 g/mol. The summed E-state index contributed by atoms with van der Waals surface area (Å²) < 4.78 is 2.26. The number of imidazole rings is 1. The molecule has 3 rings (SSSR count). The molecule has 0 aliphatic heterocycles. The largest absolute Gasteiger partial charge is 0.319 e. The number of benzene rings is 2. The summed E-state index contributed by atoms with van der Waals surface area (Å²) in [5.41, 5.74) is 3.52. The Morgan fingerprint density at radius 1 is 1.10 bits per heavy atom. The molecule has 0 bridgehead atoms. The predicted octanol–water partition coefficient (Wildman–Crippen LogP) is 5.00. The van der Waals surface area contributed by atoms with E-state index in [4.69, 9.17) is 16.6 Å². The van der Waals surface area contributed by atoms with Gasteiger partial charge in [-0.1, -0.05) is 47.6 Å². The van der Waals surface area contributed by atoms with Crippen LogP contribution in [-0.2, 0) is 12.3 Å². The molecule has 2 nitrogen and oxygen atoms in total. The minimum Gasteiger partial charge on any atom is -0.319 e. The summed E-state index contributed by atoms with van der Waals surface area (Å²) in [5.74, 6) is 0.903. The molecule has 3 aromatic rings. The van der Waals surface area contributed by atoms with Crippen LogP contribution >= 0.6 is 23.4 Å². The summed E-state index contributed by atoms with van der Waals surface area (Å²) in [5, 5.41) is 1.85. The molecule has 0 aliphatic carbocycles. The third kappa shape index (κ3) is 2.69. The molecule has 0 saturated heterocycles. The van der Waals surface area contributed by atoms with Crippen molar-refractivity contribution < 1.29 is 0 Å². The molecule has 0 saturated carbocycles. The van der Waals surface area contributed by atoms with Gasteiger partial charge in [-0.15, -0.1) is 0 Å². The van der Waals surface area contributed by atoms with Crippen LogP contribution < -0.4 is 0 Å². The number of thioether (sulfide) groups is 1. The second kappa shape index (κ2) is 5.90. The Bertz CT molecular complexity index is 719. The molecule has 1 aromatic heterocycles. The maximum Gasteiger partial charge on any atom is 0.169 e. The molecule has 0 aliphatic rings. The molecule has 4 heteroatoms. The molecule has 0 atom stereocenters. The highest BCUT2D eigenvalue weighted by Gasteiger charge is 2.09. The van der Waals surface area contributed by atoms with Crippen molar-refractivity contribution in [2.45, 2.75) is 24.4 Å². The zero-order valence-corrected chi connectivity index (χ0v) is 12.8. The van der Waals surface area contributed by atoms with Gasteiger partial charge in [0.25, 0.3) is 0 Å². The number of aromatic nitrogens is 2. The van der Waals surface area contributed by atoms with Gasteiger partial charge in [0.05, 0.1) is 11.0 Å². The third-order valence-corrected chi connectivity index (χ3v) is 4.52. The zero-order chi connectivity index (χ0) is 13.9. The quantitative estimate of drug-likeness (QED) is 0.631. The minimum atomic E-state index is 0.777. The van der Waals surface area contributed by atoms with Gasteiger partial charge in [-0.05, 0) is 36.8 Å². The first-order valence-electron chi connectivity index (χ1n) is 6.60. The molecule has 0 unspecified atom stereocenters. The lowest BCUT2D eigenvalue weighted by Crippen LogP contribution is -1.96. The number of nitrogens with zero attached hydrogens (tertiary/aromatic N) is 2. The fourth-order valence-electron chi connectivity index (χ4n) is 2.20. The molecule has 0 amide bonds. The lowest BCUT2D eigenvalue weighted by Gasteiger charge is -2.05. The maximum absolute atomic E-state index is 5.91. The molecule has 20 heavy (non-hydrogen) atoms. The average Bonchev–Trinajstić information content (AvgIpc) is 2.84. The third-order valence-electron chi connectivity index (χ3n) is 3.22. The second-order valence-corrected chi connectivity index (χ2v) is 5.92. The molecule has 2 aromatic carbocycles. The van der Waals surface area contributed by atoms with E-state index >= 15 is 0 Å². The molecule has 0 fully saturated rings. The van der Waals surface area contributed by atoms with Crippen LogP contribution in [-0.4, -0.2) is 9.55 Å². The fraction of sp³-hybridized carbons (Fsp3) is 0.188. The fourth-order valence-corrected chi connectivity index (χ4v) is 3.36. The maximum atomic E-state index is 5.91. The van der Waals surface area contributed by atoms with Crippen LogP contribution in [0.25, 0.3) is 11.0 Å². The van der Waals surface area contributed by atoms with Gasteiger partial charge < -0.3 is 4.57 Å². The highest BCUT2D eigenvalue weighted by Crippen LogP contribution is 2.27. The van der Waals surface area contributed by atoms with Crippen molar-refractivity contribution in [1.82, 2.24) is 9.55 Å². The highest BCUT2D eigenvalue weighted by atomic mass is 35.5. The van der Waals surface area contributed by atoms with Gasteiger partial charge in [0, 0.05) is 17.3 Å². The summed E-state index contributed by atoms with van der Waals surface area (Å²) in [6, 6.07) is 16.3. The van der Waals surface area contributed by atoms with Crippen LogP contribution in [0.5, 0.6) is 0 Å². The van der Waals surface area contributed by atoms with Gasteiger partial charge in [0.1, 0.15) is 0 Å². The van der Waals surface area contributed by atoms with Gasteiger partial charge in [-0.3, -0.25) is 0 Å². The standard InChI is InChI=1S/C16H15ClN2S/c1-2-19-15-6-4-3-5-14(15)18-16(19)20-11-12-7-9-13(17)10-8-12/h3-10H,2,11H2,1H3. The summed E-state index contributed by atoms with van der Waals surface area (Å²) in [7, 11) is 0. The number of hydrogen-bond donors (Lipinski definition) is 0. The number of fused-ring (bicyclic) bond motifs is 1. The first kappa shape index (κ1) is 13.5. The van der Waals surface area contributed by atoms with E-state index in [9.17, 15) is 0 Å². The predicted molar refractivity (Wildman–Crippen MR) is 86.4 cm³/mol. The minimum absolute atomic E-state index is 0.777. The van der Waals surface area contributed by atoms with Crippen molar-refractivity contribution in [3.05, 3.63) is 59.1 Å². The number of aryl methyl sites for hydroxylation is 1. The van der Waals surface area contributed by atoms with Crippen molar-refractivity contribution in [2.24, 2.45) is 0 Å². The van der Waals surface area contributed by atoms with Crippen LogP contribution in [0.3, 0.4) is 0 Å². The summed E-state index contributed by atoms with van der Waals surface area (Å²) in [4.78, 5) is 4.72. The van der Waals surface area contributed by atoms with E-state index < -0.39 is 0 Å². The Labute approximate surface area is 127 Å². The van der Waals surface area contributed by atoms with Crippen molar-refractivity contribution in [1.29, 1.82) is 0 Å². The lowest BCUT2D eigenvalue weighted by atomic mass is 10.2. The molecule has 102 valence electrons. The van der Waals surface area contributed by atoms with Gasteiger partial charge in [0.15, 0.2) is 5.16 Å². The van der Waals surface area contributed by atoms with Crippen molar-refractivity contribution in [3.8, 4) is 0 Å². The van der Waals surface area contributed by atoms with Crippen LogP contribution in [0.2, 0.25) is 5.02 Å². The van der Waals surface area contributed by atoms with Crippen LogP contribution in [0, 0.1) is 0 Å². The van der Waals surface area contributed by atoms with Crippen molar-refractivity contribution >= 4 is 34.4 Å². The number of para-hydroxylation sites is 2. The van der Waals surface area contributed by atoms with Gasteiger partial charge in [0.2, 0.25) is 0 Å². The Morgan fingerprint density at radius 3 is 2.60 bits per heavy atom. The van der Waals surface area contributed by atoms with Crippen LogP contribution in [0.4, 0.5) is 0 Å². The highest BCUT2D eigenvalue weighted by molar-refractivity contribution is 7.98. The van der Waals surface area contributed by atoms with Crippen LogP contribution in [0.15, 0.2) is 53.7 Å². The van der Waals surface area contributed by atoms with E-state index in [1.165, 1.54) is 11.1 Å². The van der Waals surface area contributed by atoms with Crippen LogP contribution in [0.1, 0.15) is 12.5 Å². The van der Waals surface area contributed by atoms with E-state index in [0.717, 1.165) is 28.0 Å². The van der Waals surface area contributed by atoms with Gasteiger partial charge in [-0.25, -0.2) is 4.98 Å². The van der Waals surface area contributed by atoms with E-state index in [2.05, 4.69) is 41.8 Å². The van der Waals surface area contributed by atoms with Gasteiger partial charge >= 0.3 is 0 Å². The molecule has 1 heterocycles. The zero-order valence-electron chi connectivity index (χ0n) is 11.2. The molecule has 0 N–H and O–H groups in total. The Kier molecular flexibility index (Phi) is 3.99. The smallest absolute Gasteiger partial charge is 0.169 e. The van der Waals surface area contributed by atoms with E-state index in [1.54, 1.807) is 11.8 Å². The van der Waals surface area contributed by atoms with E-state index in [-0.39, 0.29) is 0 Å². The summed E-state index contributed by atoms with van der Waals surface area (Å²) in [6.45, 7) is 3.09. The molecular weight excluding hydrogens is 288 g/mol. The second-order valence-electron chi connectivity index (χ2n) is 4.54. The van der Waals surface area contributed by atoms with E-state index in [1.807, 2.05) is 18.2 Å². The monoisotopic (exact) mass is 302 g/mol. The lowest BCUT2D eigenvalue weighted by molar-refractivity contribution is 0.702. The SMILES string of the molecule is CCn1c(SCc2ccc(Cl)cc2)nc2ccccc21. The molecule has 0 spiro atoms. The Morgan fingerprint density at radius 2 is 1.85 bits per heavy atom. The Hall–Kier alpha value is -1.45. The topological polar surface area (TPSA) is 17.8 Å². The summed E-state index contributed by atoms with van der Waals surface area (Å²) >= 11 is 7.67. The normalized spacial score (nSPS) is 11.1. The molecular formula is C16H15ClN2S. The Balaban J connectivity index is 1.85. The molecule has 0 radical (unpaired) electrons. The number of halogens is 1. The first-order valence-corrected chi connectivity index (χ1v) is 7.97. The summed E-state index contributed by atoms with van der Waals surface area (Å²) in [6.07, 6.45) is 0. The van der Waals surface area contributed by atoms with Crippen molar-refractivity contribution in [3.63, 3.8) is 0 Å². The van der Waals surface area contributed by atoms with Gasteiger partial charge in [-0.2, -0.15) is 0 Å².